The van der Waals surface area contributed by atoms with E-state index in [0.29, 0.717) is 0 Å². The van der Waals surface area contributed by atoms with E-state index in [-0.39, 0.29) is 12.2 Å². The molecule has 0 heterocycles. The highest BCUT2D eigenvalue weighted by molar-refractivity contribution is 6.32. The van der Waals surface area contributed by atoms with Crippen molar-refractivity contribution < 1.29 is 37.0 Å². The Morgan fingerprint density at radius 3 is 2.25 bits per heavy atom. The number of carbonyl (C=O) groups is 3. The van der Waals surface area contributed by atoms with Gasteiger partial charge in [-0.1, -0.05) is 26.0 Å². The van der Waals surface area contributed by atoms with E-state index in [4.69, 9.17) is 0 Å². The first-order valence-corrected chi connectivity index (χ1v) is 7.07. The molecule has 24 heavy (non-hydrogen) atoms. The maximum Gasteiger partial charge on any atom is 0.573 e. The van der Waals surface area contributed by atoms with Crippen LogP contribution in [0, 0.1) is 0 Å². The Hall–Kier alpha value is -2.58. The molecular weight excluding hydrogens is 331 g/mol. The van der Waals surface area contributed by atoms with Crippen molar-refractivity contribution in [2.75, 3.05) is 13.2 Å². The molecule has 0 aromatic heterocycles. The normalized spacial score (nSPS) is 10.1. The van der Waals surface area contributed by atoms with Crippen molar-refractivity contribution >= 4 is 17.7 Å². The zero-order chi connectivity index (χ0) is 18.8. The third kappa shape index (κ3) is 7.61. The monoisotopic (exact) mass is 349 g/mol. The Labute approximate surface area is 136 Å². The summed E-state index contributed by atoms with van der Waals surface area (Å²) >= 11 is 0. The second-order valence-corrected chi connectivity index (χ2v) is 3.87. The Kier molecular flexibility index (Phi) is 9.14. The predicted octanol–water partition coefficient (Wildman–Crippen LogP) is 2.47. The summed E-state index contributed by atoms with van der Waals surface area (Å²) in [4.78, 5) is 34.1. The average Bonchev–Trinajstić information content (AvgIpc) is 2.53. The molecule has 0 spiro atoms. The number of esters is 1. The number of Topliss-reactive ketones (excluding diaryl/α,β-unsaturated/α-hetero) is 1. The third-order valence-corrected chi connectivity index (χ3v) is 2.28. The molecule has 1 aromatic rings. The van der Waals surface area contributed by atoms with Crippen LogP contribution in [0.5, 0.6) is 5.75 Å². The van der Waals surface area contributed by atoms with E-state index in [0.717, 1.165) is 12.1 Å². The highest BCUT2D eigenvalue weighted by Gasteiger charge is 2.32. The van der Waals surface area contributed by atoms with Gasteiger partial charge in [0, 0.05) is 0 Å². The number of hydrogen-bond donors (Lipinski definition) is 1. The van der Waals surface area contributed by atoms with Crippen molar-refractivity contribution in [3.05, 3.63) is 29.8 Å². The Balaban J connectivity index is 0.00000254. The Morgan fingerprint density at radius 1 is 1.12 bits per heavy atom. The average molecular weight is 349 g/mol. The molecule has 1 N–H and O–H groups in total. The van der Waals surface area contributed by atoms with Gasteiger partial charge in [-0.25, -0.2) is 4.79 Å². The number of ether oxygens (including phenoxy) is 2. The zero-order valence-corrected chi connectivity index (χ0v) is 13.4. The van der Waals surface area contributed by atoms with Crippen LogP contribution < -0.4 is 10.1 Å². The van der Waals surface area contributed by atoms with Crippen molar-refractivity contribution in [1.82, 2.24) is 5.32 Å². The van der Waals surface area contributed by atoms with Crippen LogP contribution in [-0.4, -0.2) is 37.2 Å². The molecule has 1 aromatic carbocycles. The molecule has 134 valence electrons. The fourth-order valence-corrected chi connectivity index (χ4v) is 1.44. The van der Waals surface area contributed by atoms with Crippen LogP contribution >= 0.6 is 0 Å². The Morgan fingerprint density at radius 2 is 1.71 bits per heavy atom. The molecule has 1 rings (SSSR count). The van der Waals surface area contributed by atoms with Crippen LogP contribution in [0.3, 0.4) is 0 Å². The van der Waals surface area contributed by atoms with E-state index in [2.05, 4.69) is 9.47 Å². The van der Waals surface area contributed by atoms with Gasteiger partial charge in [-0.05, 0) is 19.1 Å². The number of amides is 1. The first-order valence-electron chi connectivity index (χ1n) is 7.07. The van der Waals surface area contributed by atoms with Crippen LogP contribution in [0.25, 0.3) is 0 Å². The number of benzene rings is 1. The number of nitrogens with one attached hydrogen (secondary N) is 1. The summed E-state index contributed by atoms with van der Waals surface area (Å²) < 4.78 is 44.8. The smallest absolute Gasteiger partial charge is 0.459 e. The lowest BCUT2D eigenvalue weighted by Crippen LogP contribution is -2.36. The van der Waals surface area contributed by atoms with E-state index >= 15 is 0 Å². The third-order valence-electron chi connectivity index (χ3n) is 2.28. The van der Waals surface area contributed by atoms with E-state index in [1.165, 1.54) is 19.1 Å². The number of rotatable bonds is 5. The summed E-state index contributed by atoms with van der Waals surface area (Å²) in [7, 11) is 0. The molecule has 0 fully saturated rings. The van der Waals surface area contributed by atoms with E-state index in [1.54, 1.807) is 0 Å². The van der Waals surface area contributed by atoms with Gasteiger partial charge in [0.05, 0.1) is 18.7 Å². The number of hydrogen-bond acceptors (Lipinski definition) is 5. The maximum atomic E-state index is 12.2. The second kappa shape index (κ2) is 10.2. The molecule has 6 nitrogen and oxygen atoms in total. The lowest BCUT2D eigenvalue weighted by atomic mass is 10.1. The van der Waals surface area contributed by atoms with Crippen molar-refractivity contribution in [3.8, 4) is 5.75 Å². The maximum absolute atomic E-state index is 12.2. The number of carbonyl (C=O) groups excluding carboxylic acids is 3. The number of alkyl halides is 3. The van der Waals surface area contributed by atoms with Gasteiger partial charge in [0.1, 0.15) is 5.75 Å². The summed E-state index contributed by atoms with van der Waals surface area (Å²) in [6.07, 6.45) is -4.95. The highest BCUT2D eigenvalue weighted by Crippen LogP contribution is 2.26. The van der Waals surface area contributed by atoms with Crippen molar-refractivity contribution in [3.63, 3.8) is 0 Å². The quantitative estimate of drug-likeness (QED) is 0.502. The molecule has 0 saturated carbocycles. The van der Waals surface area contributed by atoms with Crippen molar-refractivity contribution in [1.29, 1.82) is 0 Å². The minimum Gasteiger partial charge on any atom is -0.459 e. The van der Waals surface area contributed by atoms with Crippen LogP contribution in [0.2, 0.25) is 0 Å². The summed E-state index contributed by atoms with van der Waals surface area (Å²) in [5.41, 5.74) is -0.371. The summed E-state index contributed by atoms with van der Waals surface area (Å²) in [5, 5.41) is 1.96. The molecule has 0 aliphatic carbocycles. The van der Waals surface area contributed by atoms with Crippen LogP contribution in [0.15, 0.2) is 24.3 Å². The molecule has 0 aliphatic heterocycles. The fraction of sp³-hybridized carbons (Fsp3) is 0.400. The van der Waals surface area contributed by atoms with Gasteiger partial charge in [0.25, 0.3) is 0 Å². The highest BCUT2D eigenvalue weighted by atomic mass is 19.4. The van der Waals surface area contributed by atoms with Crippen molar-refractivity contribution in [2.24, 2.45) is 0 Å². The van der Waals surface area contributed by atoms with Gasteiger partial charge in [0.2, 0.25) is 0 Å². The topological polar surface area (TPSA) is 81.7 Å². The standard InChI is InChI=1S/C13H12F3NO5.C2H6/c1-2-21-12(20)11(19)17-7-9(18)8-5-3-4-6-10(8)22-13(14,15)16;1-2/h3-6H,2,7H2,1H3,(H,17,19);1-2H3. The van der Waals surface area contributed by atoms with Crippen LogP contribution in [0.1, 0.15) is 31.1 Å². The van der Waals surface area contributed by atoms with Gasteiger partial charge in [-0.2, -0.15) is 0 Å². The summed E-state index contributed by atoms with van der Waals surface area (Å²) in [5.74, 6) is -3.89. The largest absolute Gasteiger partial charge is 0.573 e. The lowest BCUT2D eigenvalue weighted by Gasteiger charge is -2.12. The van der Waals surface area contributed by atoms with E-state index in [1.807, 2.05) is 19.2 Å². The SMILES string of the molecule is CC.CCOC(=O)C(=O)NCC(=O)c1ccccc1OC(F)(F)F. The second-order valence-electron chi connectivity index (χ2n) is 3.87. The van der Waals surface area contributed by atoms with Crippen molar-refractivity contribution in [2.45, 2.75) is 27.1 Å². The van der Waals surface area contributed by atoms with Gasteiger partial charge < -0.3 is 14.8 Å². The molecule has 1 amide bonds. The molecule has 0 atom stereocenters. The van der Waals surface area contributed by atoms with Crippen LogP contribution in [-0.2, 0) is 14.3 Å². The predicted molar refractivity (Wildman–Crippen MR) is 78.4 cm³/mol. The van der Waals surface area contributed by atoms with E-state index in [9.17, 15) is 27.6 Å². The van der Waals surface area contributed by atoms with Gasteiger partial charge >= 0.3 is 18.2 Å². The zero-order valence-electron chi connectivity index (χ0n) is 13.4. The van der Waals surface area contributed by atoms with Gasteiger partial charge in [-0.3, -0.25) is 9.59 Å². The van der Waals surface area contributed by atoms with Gasteiger partial charge in [-0.15, -0.1) is 13.2 Å². The summed E-state index contributed by atoms with van der Waals surface area (Å²) in [6.45, 7) is 4.79. The minimum absolute atomic E-state index is 0.0253. The van der Waals surface area contributed by atoms with E-state index < -0.39 is 36.3 Å². The molecule has 0 saturated heterocycles. The molecular formula is C15H18F3NO5. The minimum atomic E-state index is -4.95. The van der Waals surface area contributed by atoms with Gasteiger partial charge in [0.15, 0.2) is 5.78 Å². The number of halogens is 3. The molecule has 0 unspecified atom stereocenters. The molecule has 0 bridgehead atoms. The molecule has 0 aliphatic rings. The number of para-hydroxylation sites is 1. The molecule has 9 heteroatoms. The number of ketones is 1. The Bertz CT molecular complexity index is 572. The first-order chi connectivity index (χ1) is 11.2. The van der Waals surface area contributed by atoms with Crippen LogP contribution in [0.4, 0.5) is 13.2 Å². The lowest BCUT2D eigenvalue weighted by molar-refractivity contribution is -0.274. The first kappa shape index (κ1) is 21.4. The molecule has 0 radical (unpaired) electrons. The summed E-state index contributed by atoms with van der Waals surface area (Å²) in [6, 6.07) is 4.67. The fourth-order valence-electron chi connectivity index (χ4n) is 1.44.